The summed E-state index contributed by atoms with van der Waals surface area (Å²) in [7, 11) is 1.60. The van der Waals surface area contributed by atoms with E-state index in [1.807, 2.05) is 45.0 Å². The molecule has 0 saturated carbocycles. The number of nitrogens with one attached hydrogen (secondary N) is 2. The number of benzene rings is 1. The minimum Gasteiger partial charge on any atom is -0.497 e. The van der Waals surface area contributed by atoms with Crippen LogP contribution in [-0.4, -0.2) is 52.3 Å². The molecule has 1 amide bonds. The highest BCUT2D eigenvalue weighted by Crippen LogP contribution is 2.24. The van der Waals surface area contributed by atoms with Gasteiger partial charge in [0.1, 0.15) is 17.5 Å². The van der Waals surface area contributed by atoms with Gasteiger partial charge in [0.25, 0.3) is 11.5 Å². The highest BCUT2D eigenvalue weighted by Gasteiger charge is 2.33. The molecule has 3 heterocycles. The molecule has 2 N–H and O–H groups in total. The molecule has 168 valence electrons. The van der Waals surface area contributed by atoms with Gasteiger partial charge in [-0.2, -0.15) is 10.2 Å². The van der Waals surface area contributed by atoms with Crippen molar-refractivity contribution in [3.05, 3.63) is 64.2 Å². The van der Waals surface area contributed by atoms with Crippen LogP contribution in [0, 0.1) is 0 Å². The van der Waals surface area contributed by atoms with Gasteiger partial charge in [0.05, 0.1) is 32.1 Å². The fourth-order valence-corrected chi connectivity index (χ4v) is 3.59. The second kappa shape index (κ2) is 8.58. The van der Waals surface area contributed by atoms with E-state index in [1.165, 1.54) is 10.7 Å². The maximum absolute atomic E-state index is 12.8. The first-order chi connectivity index (χ1) is 15.3. The zero-order valence-electron chi connectivity index (χ0n) is 18.6. The van der Waals surface area contributed by atoms with Crippen LogP contribution < -0.4 is 15.6 Å². The summed E-state index contributed by atoms with van der Waals surface area (Å²) < 4.78 is 12.3. The number of hydrogen-bond donors (Lipinski definition) is 2. The maximum atomic E-state index is 12.8. The van der Waals surface area contributed by atoms with E-state index in [0.29, 0.717) is 17.1 Å². The molecular weight excluding hydrogens is 410 g/mol. The van der Waals surface area contributed by atoms with Crippen molar-refractivity contribution in [2.24, 2.45) is 0 Å². The van der Waals surface area contributed by atoms with Crippen LogP contribution in [0.2, 0.25) is 0 Å². The van der Waals surface area contributed by atoms with E-state index < -0.39 is 12.1 Å². The Hall–Kier alpha value is -3.46. The number of carbonyl (C=O) groups is 1. The molecule has 1 fully saturated rings. The molecule has 2 aromatic heterocycles. The van der Waals surface area contributed by atoms with Crippen LogP contribution in [0.4, 0.5) is 0 Å². The lowest BCUT2D eigenvalue weighted by atomic mass is 9.92. The monoisotopic (exact) mass is 437 g/mol. The minimum atomic E-state index is -0.432. The molecule has 1 saturated heterocycles. The largest absolute Gasteiger partial charge is 0.497 e. The van der Waals surface area contributed by atoms with Gasteiger partial charge in [-0.3, -0.25) is 14.7 Å². The highest BCUT2D eigenvalue weighted by molar-refractivity contribution is 5.92. The third kappa shape index (κ3) is 4.43. The Bertz CT molecular complexity index is 1180. The van der Waals surface area contributed by atoms with Gasteiger partial charge in [-0.05, 0) is 24.3 Å². The summed E-state index contributed by atoms with van der Waals surface area (Å²) >= 11 is 0. The predicted molar refractivity (Wildman–Crippen MR) is 119 cm³/mol. The van der Waals surface area contributed by atoms with E-state index >= 15 is 0 Å². The SMILES string of the molecule is COc1cccc(-c2ccc(=O)n(C3COCC3NC(=O)c3cc(C(C)(C)C)[nH]n3)n2)c1. The van der Waals surface area contributed by atoms with Crippen molar-refractivity contribution in [2.75, 3.05) is 20.3 Å². The van der Waals surface area contributed by atoms with Crippen LogP contribution in [-0.2, 0) is 10.2 Å². The van der Waals surface area contributed by atoms with Crippen molar-refractivity contribution in [1.29, 1.82) is 0 Å². The van der Waals surface area contributed by atoms with Crippen molar-refractivity contribution in [3.63, 3.8) is 0 Å². The van der Waals surface area contributed by atoms with Crippen molar-refractivity contribution >= 4 is 5.91 Å². The molecule has 1 aromatic carbocycles. The zero-order chi connectivity index (χ0) is 22.9. The van der Waals surface area contributed by atoms with Gasteiger partial charge in [0.2, 0.25) is 0 Å². The number of carbonyl (C=O) groups excluding carboxylic acids is 1. The smallest absolute Gasteiger partial charge is 0.272 e. The quantitative estimate of drug-likeness (QED) is 0.634. The Kier molecular flexibility index (Phi) is 5.84. The Balaban J connectivity index is 1.57. The molecule has 0 aliphatic carbocycles. The van der Waals surface area contributed by atoms with Crippen LogP contribution in [0.15, 0.2) is 47.3 Å². The fourth-order valence-electron chi connectivity index (χ4n) is 3.59. The first kappa shape index (κ1) is 21.8. The van der Waals surface area contributed by atoms with E-state index in [4.69, 9.17) is 9.47 Å². The second-order valence-corrected chi connectivity index (χ2v) is 8.83. The molecular formula is C23H27N5O4. The van der Waals surface area contributed by atoms with Crippen LogP contribution in [0.5, 0.6) is 5.75 Å². The van der Waals surface area contributed by atoms with E-state index in [-0.39, 0.29) is 30.1 Å². The Labute approximate surface area is 185 Å². The molecule has 0 spiro atoms. The van der Waals surface area contributed by atoms with Gasteiger partial charge in [0, 0.05) is 22.7 Å². The summed E-state index contributed by atoms with van der Waals surface area (Å²) in [6.07, 6.45) is 0. The number of aromatic nitrogens is 4. The summed E-state index contributed by atoms with van der Waals surface area (Å²) in [6, 6.07) is 11.5. The van der Waals surface area contributed by atoms with Gasteiger partial charge >= 0.3 is 0 Å². The lowest BCUT2D eigenvalue weighted by Crippen LogP contribution is -2.44. The predicted octanol–water partition coefficient (Wildman–Crippen LogP) is 2.31. The molecule has 9 heteroatoms. The summed E-state index contributed by atoms with van der Waals surface area (Å²) in [6.45, 7) is 6.67. The van der Waals surface area contributed by atoms with Gasteiger partial charge < -0.3 is 14.8 Å². The first-order valence-electron chi connectivity index (χ1n) is 10.4. The molecule has 2 atom stereocenters. The molecule has 0 bridgehead atoms. The Morgan fingerprint density at radius 1 is 1.22 bits per heavy atom. The average Bonchev–Trinajstić information content (AvgIpc) is 3.44. The van der Waals surface area contributed by atoms with Gasteiger partial charge in [-0.1, -0.05) is 32.9 Å². The fraction of sp³-hybridized carbons (Fsp3) is 0.391. The van der Waals surface area contributed by atoms with Crippen LogP contribution in [0.1, 0.15) is 43.0 Å². The molecule has 2 unspecified atom stereocenters. The summed E-state index contributed by atoms with van der Waals surface area (Å²) in [4.78, 5) is 25.4. The number of nitrogens with zero attached hydrogens (tertiary/aromatic N) is 3. The maximum Gasteiger partial charge on any atom is 0.272 e. The lowest BCUT2D eigenvalue weighted by Gasteiger charge is -2.20. The summed E-state index contributed by atoms with van der Waals surface area (Å²) in [5.41, 5.74) is 2.20. The summed E-state index contributed by atoms with van der Waals surface area (Å²) in [5.74, 6) is 0.374. The molecule has 0 radical (unpaired) electrons. The first-order valence-corrected chi connectivity index (χ1v) is 10.4. The number of H-pyrrole nitrogens is 1. The van der Waals surface area contributed by atoms with Gasteiger partial charge in [0.15, 0.2) is 0 Å². The van der Waals surface area contributed by atoms with E-state index in [0.717, 1.165) is 11.3 Å². The zero-order valence-corrected chi connectivity index (χ0v) is 18.6. The highest BCUT2D eigenvalue weighted by atomic mass is 16.5. The number of amides is 1. The molecule has 4 rings (SSSR count). The molecule has 32 heavy (non-hydrogen) atoms. The molecule has 1 aliphatic rings. The van der Waals surface area contributed by atoms with Crippen LogP contribution >= 0.6 is 0 Å². The van der Waals surface area contributed by atoms with Gasteiger partial charge in [-0.25, -0.2) is 4.68 Å². The Morgan fingerprint density at radius 3 is 2.75 bits per heavy atom. The average molecular weight is 438 g/mol. The minimum absolute atomic E-state index is 0.150. The van der Waals surface area contributed by atoms with E-state index in [2.05, 4.69) is 20.6 Å². The van der Waals surface area contributed by atoms with Crippen molar-refractivity contribution in [1.82, 2.24) is 25.3 Å². The number of ether oxygens (including phenoxy) is 2. The molecule has 1 aliphatic heterocycles. The van der Waals surface area contributed by atoms with Crippen molar-refractivity contribution in [2.45, 2.75) is 38.3 Å². The van der Waals surface area contributed by atoms with Crippen molar-refractivity contribution in [3.8, 4) is 17.0 Å². The Morgan fingerprint density at radius 2 is 2.03 bits per heavy atom. The van der Waals surface area contributed by atoms with Crippen molar-refractivity contribution < 1.29 is 14.3 Å². The third-order valence-corrected chi connectivity index (χ3v) is 5.49. The van der Waals surface area contributed by atoms with E-state index in [1.54, 1.807) is 19.2 Å². The van der Waals surface area contributed by atoms with Gasteiger partial charge in [-0.15, -0.1) is 0 Å². The molecule has 3 aromatic rings. The standard InChI is InChI=1S/C23H27N5O4/c1-23(2,3)20-11-17(25-26-20)22(30)24-18-12-32-13-19(18)28-21(29)9-8-16(27-28)14-6-5-7-15(10-14)31-4/h5-11,18-19H,12-13H2,1-4H3,(H,24,30)(H,25,26). The molecule has 9 nitrogen and oxygen atoms in total. The third-order valence-electron chi connectivity index (χ3n) is 5.49. The topological polar surface area (TPSA) is 111 Å². The number of hydrogen-bond acceptors (Lipinski definition) is 6. The number of aromatic amines is 1. The number of methoxy groups -OCH3 is 1. The second-order valence-electron chi connectivity index (χ2n) is 8.83. The normalized spacial score (nSPS) is 18.5. The van der Waals surface area contributed by atoms with E-state index in [9.17, 15) is 9.59 Å². The van der Waals surface area contributed by atoms with Crippen LogP contribution in [0.25, 0.3) is 11.3 Å². The number of rotatable bonds is 5. The van der Waals surface area contributed by atoms with Crippen LogP contribution in [0.3, 0.4) is 0 Å². The lowest BCUT2D eigenvalue weighted by molar-refractivity contribution is 0.0919. The summed E-state index contributed by atoms with van der Waals surface area (Å²) in [5, 5.41) is 14.6.